The Kier molecular flexibility index (Phi) is 5.39. The summed E-state index contributed by atoms with van der Waals surface area (Å²) in [6.45, 7) is 3.11. The molecule has 0 saturated heterocycles. The minimum absolute atomic E-state index is 0.340. The van der Waals surface area contributed by atoms with E-state index in [0.29, 0.717) is 12.5 Å². The van der Waals surface area contributed by atoms with Gasteiger partial charge >= 0.3 is 11.4 Å². The fraction of sp³-hybridized carbons (Fsp3) is 0.385. The lowest BCUT2D eigenvalue weighted by atomic mass is 9.95. The number of rotatable bonds is 7. The van der Waals surface area contributed by atoms with Crippen molar-refractivity contribution in [1.29, 1.82) is 0 Å². The Hall–Kier alpha value is -2.71. The SMILES string of the molecule is CCC(C)C(=O)C(F)C(=O)c1ccc([N+](=O)[O-])c([N+](=O)[O-])c1. The minimum atomic E-state index is -2.45. The van der Waals surface area contributed by atoms with Crippen LogP contribution in [0.15, 0.2) is 18.2 Å². The summed E-state index contributed by atoms with van der Waals surface area (Å²) in [5.74, 6) is -2.84. The molecule has 0 fully saturated rings. The van der Waals surface area contributed by atoms with Gasteiger partial charge in [0, 0.05) is 23.6 Å². The van der Waals surface area contributed by atoms with Crippen LogP contribution in [0.2, 0.25) is 0 Å². The number of carbonyl (C=O) groups excluding carboxylic acids is 2. The Morgan fingerprint density at radius 3 is 2.18 bits per heavy atom. The molecule has 9 heteroatoms. The van der Waals surface area contributed by atoms with Crippen molar-refractivity contribution in [2.45, 2.75) is 26.4 Å². The molecule has 0 aromatic heterocycles. The van der Waals surface area contributed by atoms with Crippen LogP contribution < -0.4 is 0 Å². The van der Waals surface area contributed by atoms with Gasteiger partial charge in [-0.3, -0.25) is 29.8 Å². The second-order valence-electron chi connectivity index (χ2n) is 4.66. The Bertz CT molecular complexity index is 645. The van der Waals surface area contributed by atoms with Gasteiger partial charge in [-0.1, -0.05) is 13.8 Å². The van der Waals surface area contributed by atoms with Gasteiger partial charge in [-0.2, -0.15) is 0 Å². The van der Waals surface area contributed by atoms with Crippen LogP contribution in [0.5, 0.6) is 0 Å². The number of carbonyl (C=O) groups is 2. The van der Waals surface area contributed by atoms with Crippen LogP contribution in [0, 0.1) is 26.1 Å². The molecular formula is C13H13FN2O6. The van der Waals surface area contributed by atoms with Gasteiger partial charge in [0.05, 0.1) is 9.85 Å². The van der Waals surface area contributed by atoms with Crippen molar-refractivity contribution in [3.63, 3.8) is 0 Å². The average Bonchev–Trinajstić information content (AvgIpc) is 2.50. The van der Waals surface area contributed by atoms with Gasteiger partial charge in [0.1, 0.15) is 0 Å². The van der Waals surface area contributed by atoms with E-state index >= 15 is 0 Å². The fourth-order valence-electron chi connectivity index (χ4n) is 1.70. The van der Waals surface area contributed by atoms with Gasteiger partial charge in [0.25, 0.3) is 0 Å². The third-order valence-corrected chi connectivity index (χ3v) is 3.23. The number of nitrogens with zero attached hydrogens (tertiary/aromatic N) is 2. The maximum absolute atomic E-state index is 13.9. The van der Waals surface area contributed by atoms with Crippen LogP contribution in [0.1, 0.15) is 30.6 Å². The number of Topliss-reactive ketones (excluding diaryl/α,β-unsaturated/α-hetero) is 2. The molecule has 0 saturated carbocycles. The molecule has 2 unspecified atom stereocenters. The van der Waals surface area contributed by atoms with Gasteiger partial charge < -0.3 is 0 Å². The van der Waals surface area contributed by atoms with Crippen LogP contribution >= 0.6 is 0 Å². The summed E-state index contributed by atoms with van der Waals surface area (Å²) >= 11 is 0. The number of hydrogen-bond acceptors (Lipinski definition) is 6. The summed E-state index contributed by atoms with van der Waals surface area (Å²) in [6, 6.07) is 2.24. The van der Waals surface area contributed by atoms with Gasteiger partial charge in [-0.15, -0.1) is 0 Å². The molecule has 0 N–H and O–H groups in total. The predicted molar refractivity (Wildman–Crippen MR) is 73.4 cm³/mol. The van der Waals surface area contributed by atoms with Crippen molar-refractivity contribution in [3.05, 3.63) is 44.0 Å². The third kappa shape index (κ3) is 3.48. The lowest BCUT2D eigenvalue weighted by molar-refractivity contribution is -0.422. The highest BCUT2D eigenvalue weighted by Crippen LogP contribution is 2.28. The smallest absolute Gasteiger partial charge is 0.296 e. The van der Waals surface area contributed by atoms with Crippen LogP contribution in [0.25, 0.3) is 0 Å². The quantitative estimate of drug-likeness (QED) is 0.330. The Labute approximate surface area is 124 Å². The number of alkyl halides is 1. The van der Waals surface area contributed by atoms with Gasteiger partial charge in [-0.25, -0.2) is 4.39 Å². The Morgan fingerprint density at radius 2 is 1.73 bits per heavy atom. The summed E-state index contributed by atoms with van der Waals surface area (Å²) in [7, 11) is 0. The van der Waals surface area contributed by atoms with E-state index < -0.39 is 50.4 Å². The highest BCUT2D eigenvalue weighted by atomic mass is 19.1. The van der Waals surface area contributed by atoms with E-state index in [1.165, 1.54) is 6.92 Å². The Balaban J connectivity index is 3.20. The first-order valence-corrected chi connectivity index (χ1v) is 6.35. The average molecular weight is 312 g/mol. The molecule has 1 rings (SSSR count). The van der Waals surface area contributed by atoms with Crippen molar-refractivity contribution in [2.24, 2.45) is 5.92 Å². The number of hydrogen-bond donors (Lipinski definition) is 0. The largest absolute Gasteiger partial charge is 0.346 e. The van der Waals surface area contributed by atoms with E-state index in [-0.39, 0.29) is 0 Å². The summed E-state index contributed by atoms with van der Waals surface area (Å²) in [6.07, 6.45) is -2.11. The summed E-state index contributed by atoms with van der Waals surface area (Å²) < 4.78 is 13.9. The molecule has 2 atom stereocenters. The highest BCUT2D eigenvalue weighted by Gasteiger charge is 2.32. The van der Waals surface area contributed by atoms with E-state index in [0.717, 1.165) is 12.1 Å². The zero-order valence-corrected chi connectivity index (χ0v) is 11.8. The van der Waals surface area contributed by atoms with E-state index in [2.05, 4.69) is 0 Å². The minimum Gasteiger partial charge on any atom is -0.296 e. The topological polar surface area (TPSA) is 120 Å². The third-order valence-electron chi connectivity index (χ3n) is 3.23. The van der Waals surface area contributed by atoms with Crippen molar-refractivity contribution < 1.29 is 23.8 Å². The van der Waals surface area contributed by atoms with Crippen molar-refractivity contribution in [1.82, 2.24) is 0 Å². The molecule has 0 aliphatic heterocycles. The lowest BCUT2D eigenvalue weighted by Gasteiger charge is -2.11. The Morgan fingerprint density at radius 1 is 1.18 bits per heavy atom. The number of nitro benzene ring substituents is 2. The first kappa shape index (κ1) is 17.3. The van der Waals surface area contributed by atoms with Gasteiger partial charge in [0.2, 0.25) is 12.0 Å². The zero-order valence-electron chi connectivity index (χ0n) is 11.8. The molecule has 1 aromatic carbocycles. The summed E-state index contributed by atoms with van der Waals surface area (Å²) in [4.78, 5) is 42.9. The molecule has 118 valence electrons. The number of halogens is 1. The second-order valence-corrected chi connectivity index (χ2v) is 4.66. The number of benzene rings is 1. The first-order valence-electron chi connectivity index (χ1n) is 6.35. The molecule has 22 heavy (non-hydrogen) atoms. The van der Waals surface area contributed by atoms with Crippen LogP contribution in [-0.2, 0) is 4.79 Å². The number of nitro groups is 2. The fourth-order valence-corrected chi connectivity index (χ4v) is 1.70. The molecule has 0 bridgehead atoms. The van der Waals surface area contributed by atoms with Crippen molar-refractivity contribution in [2.75, 3.05) is 0 Å². The van der Waals surface area contributed by atoms with E-state index in [9.17, 15) is 34.2 Å². The second kappa shape index (κ2) is 6.83. The molecule has 0 aliphatic carbocycles. The molecule has 1 aromatic rings. The van der Waals surface area contributed by atoms with E-state index in [1.54, 1.807) is 6.92 Å². The van der Waals surface area contributed by atoms with E-state index in [4.69, 9.17) is 0 Å². The monoisotopic (exact) mass is 312 g/mol. The van der Waals surface area contributed by atoms with Crippen molar-refractivity contribution >= 4 is 22.9 Å². The van der Waals surface area contributed by atoms with Gasteiger partial charge in [0.15, 0.2) is 5.78 Å². The molecule has 0 spiro atoms. The molecule has 8 nitrogen and oxygen atoms in total. The summed E-state index contributed by atoms with van der Waals surface area (Å²) in [5, 5.41) is 21.5. The molecule has 0 radical (unpaired) electrons. The molecule has 0 heterocycles. The maximum Gasteiger partial charge on any atom is 0.346 e. The standard InChI is InChI=1S/C13H13FN2O6/c1-3-7(2)12(17)11(14)13(18)8-4-5-9(15(19)20)10(6-8)16(21)22/h4-7,11H,3H2,1-2H3. The highest BCUT2D eigenvalue weighted by molar-refractivity contribution is 6.14. The summed E-state index contributed by atoms with van der Waals surface area (Å²) in [5.41, 5.74) is -2.20. The normalized spacial score (nSPS) is 13.2. The predicted octanol–water partition coefficient (Wildman–Crippen LogP) is 2.64. The number of ketones is 2. The lowest BCUT2D eigenvalue weighted by Crippen LogP contribution is -2.30. The van der Waals surface area contributed by atoms with Crippen LogP contribution in [-0.4, -0.2) is 27.6 Å². The maximum atomic E-state index is 13.9. The first-order chi connectivity index (χ1) is 10.2. The zero-order chi connectivity index (χ0) is 17.0. The molecule has 0 aliphatic rings. The van der Waals surface area contributed by atoms with Crippen LogP contribution in [0.4, 0.5) is 15.8 Å². The molecule has 0 amide bonds. The van der Waals surface area contributed by atoms with E-state index in [1.807, 2.05) is 0 Å². The van der Waals surface area contributed by atoms with Crippen molar-refractivity contribution in [3.8, 4) is 0 Å². The van der Waals surface area contributed by atoms with Gasteiger partial charge in [-0.05, 0) is 12.5 Å². The molecular weight excluding hydrogens is 299 g/mol. The van der Waals surface area contributed by atoms with Crippen LogP contribution in [0.3, 0.4) is 0 Å².